The molecule has 1 aliphatic rings. The Morgan fingerprint density at radius 3 is 2.88 bits per heavy atom. The molecule has 6 nitrogen and oxygen atoms in total. The maximum absolute atomic E-state index is 12.3. The molecule has 1 aromatic heterocycles. The van der Waals surface area contributed by atoms with Crippen LogP contribution in [0.3, 0.4) is 0 Å². The summed E-state index contributed by atoms with van der Waals surface area (Å²) in [5.74, 6) is 1.32. The number of nitrogens with zero attached hydrogens (tertiary/aromatic N) is 1. The van der Waals surface area contributed by atoms with Gasteiger partial charge in [0.05, 0.1) is 12.7 Å². The number of ether oxygens (including phenoxy) is 2. The highest BCUT2D eigenvalue weighted by atomic mass is 16.5. The molecule has 3 rings (SSSR count). The van der Waals surface area contributed by atoms with Crippen molar-refractivity contribution in [1.29, 1.82) is 0 Å². The summed E-state index contributed by atoms with van der Waals surface area (Å²) in [6.45, 7) is 3.91. The summed E-state index contributed by atoms with van der Waals surface area (Å²) >= 11 is 0. The highest BCUT2D eigenvalue weighted by Gasteiger charge is 2.16. The molecule has 0 radical (unpaired) electrons. The molecule has 2 aromatic rings. The number of hydrogen-bond donors (Lipinski definition) is 2. The fraction of sp³-hybridized carbons (Fsp3) is 0.368. The highest BCUT2D eigenvalue weighted by molar-refractivity contribution is 5.94. The van der Waals surface area contributed by atoms with Crippen molar-refractivity contribution in [2.45, 2.75) is 25.9 Å². The van der Waals surface area contributed by atoms with E-state index in [1.54, 1.807) is 18.3 Å². The Labute approximate surface area is 147 Å². The summed E-state index contributed by atoms with van der Waals surface area (Å²) < 4.78 is 10.9. The zero-order valence-electron chi connectivity index (χ0n) is 14.3. The van der Waals surface area contributed by atoms with E-state index in [4.69, 9.17) is 9.47 Å². The maximum Gasteiger partial charge on any atom is 0.251 e. The first-order valence-corrected chi connectivity index (χ1v) is 8.60. The molecule has 1 saturated heterocycles. The van der Waals surface area contributed by atoms with Crippen LogP contribution in [0.2, 0.25) is 0 Å². The van der Waals surface area contributed by atoms with E-state index in [9.17, 15) is 4.79 Å². The molecule has 1 aromatic carbocycles. The Hall–Kier alpha value is -2.60. The smallest absolute Gasteiger partial charge is 0.251 e. The van der Waals surface area contributed by atoms with Crippen molar-refractivity contribution in [3.8, 4) is 5.75 Å². The average Bonchev–Trinajstić information content (AvgIpc) is 3.15. The van der Waals surface area contributed by atoms with E-state index in [1.165, 1.54) is 0 Å². The van der Waals surface area contributed by atoms with Crippen LogP contribution in [0.15, 0.2) is 42.6 Å². The van der Waals surface area contributed by atoms with Crippen LogP contribution < -0.4 is 15.4 Å². The van der Waals surface area contributed by atoms with Gasteiger partial charge in [0.15, 0.2) is 0 Å². The van der Waals surface area contributed by atoms with Gasteiger partial charge in [-0.05, 0) is 56.2 Å². The lowest BCUT2D eigenvalue weighted by Crippen LogP contribution is -2.31. The number of nitrogens with one attached hydrogen (secondary N) is 2. The van der Waals surface area contributed by atoms with Crippen molar-refractivity contribution >= 4 is 17.4 Å². The average molecular weight is 341 g/mol. The van der Waals surface area contributed by atoms with Crippen LogP contribution in [0.1, 0.15) is 30.1 Å². The molecule has 0 bridgehead atoms. The largest absolute Gasteiger partial charge is 0.494 e. The third-order valence-electron chi connectivity index (χ3n) is 3.97. The Bertz CT molecular complexity index is 697. The molecule has 1 atom stereocenters. The number of rotatable bonds is 7. The van der Waals surface area contributed by atoms with Crippen molar-refractivity contribution in [1.82, 2.24) is 10.3 Å². The predicted octanol–water partition coefficient (Wildman–Crippen LogP) is 3.13. The van der Waals surface area contributed by atoms with Crippen LogP contribution in [0.4, 0.5) is 11.5 Å². The van der Waals surface area contributed by atoms with Crippen molar-refractivity contribution in [3.05, 3.63) is 48.2 Å². The molecule has 2 N–H and O–H groups in total. The monoisotopic (exact) mass is 341 g/mol. The minimum atomic E-state index is -0.118. The number of carbonyl (C=O) groups excluding carboxylic acids is 1. The Morgan fingerprint density at radius 1 is 1.32 bits per heavy atom. The van der Waals surface area contributed by atoms with Gasteiger partial charge >= 0.3 is 0 Å². The van der Waals surface area contributed by atoms with Gasteiger partial charge in [-0.15, -0.1) is 0 Å². The van der Waals surface area contributed by atoms with Gasteiger partial charge in [-0.1, -0.05) is 0 Å². The van der Waals surface area contributed by atoms with Crippen molar-refractivity contribution in [3.63, 3.8) is 0 Å². The fourth-order valence-corrected chi connectivity index (χ4v) is 2.70. The predicted molar refractivity (Wildman–Crippen MR) is 96.4 cm³/mol. The number of pyridine rings is 1. The minimum absolute atomic E-state index is 0.118. The van der Waals surface area contributed by atoms with Gasteiger partial charge in [0.25, 0.3) is 5.91 Å². The number of anilines is 2. The van der Waals surface area contributed by atoms with Crippen LogP contribution in [0, 0.1) is 0 Å². The number of carbonyl (C=O) groups is 1. The van der Waals surface area contributed by atoms with Crippen molar-refractivity contribution in [2.24, 2.45) is 0 Å². The molecule has 0 saturated carbocycles. The fourth-order valence-electron chi connectivity index (χ4n) is 2.70. The Kier molecular flexibility index (Phi) is 5.85. The molecule has 6 heteroatoms. The van der Waals surface area contributed by atoms with Gasteiger partial charge in [0, 0.05) is 30.6 Å². The topological polar surface area (TPSA) is 72.5 Å². The van der Waals surface area contributed by atoms with E-state index in [2.05, 4.69) is 15.6 Å². The van der Waals surface area contributed by atoms with Crippen molar-refractivity contribution < 1.29 is 14.3 Å². The molecular formula is C19H23N3O3. The standard InChI is InChI=1S/C19H23N3O3/c1-2-24-16-7-5-15(6-8-16)22-18-12-14(9-10-20-18)19(23)21-13-17-4-3-11-25-17/h5-10,12,17H,2-4,11,13H2,1H3,(H,20,22)(H,21,23). The zero-order valence-corrected chi connectivity index (χ0v) is 14.3. The second kappa shape index (κ2) is 8.48. The summed E-state index contributed by atoms with van der Waals surface area (Å²) in [5, 5.41) is 6.11. The first kappa shape index (κ1) is 17.2. The summed E-state index contributed by atoms with van der Waals surface area (Å²) in [5.41, 5.74) is 1.45. The van der Waals surface area contributed by atoms with Crippen LogP contribution >= 0.6 is 0 Å². The second-order valence-corrected chi connectivity index (χ2v) is 5.86. The maximum atomic E-state index is 12.3. The van der Waals surface area contributed by atoms with Crippen LogP contribution in [0.25, 0.3) is 0 Å². The number of hydrogen-bond acceptors (Lipinski definition) is 5. The lowest BCUT2D eigenvalue weighted by Gasteiger charge is -2.12. The summed E-state index contributed by atoms with van der Waals surface area (Å²) in [6, 6.07) is 11.1. The van der Waals surface area contributed by atoms with Gasteiger partial charge < -0.3 is 20.1 Å². The van der Waals surface area contributed by atoms with Crippen LogP contribution in [-0.2, 0) is 4.74 Å². The van der Waals surface area contributed by atoms with Gasteiger partial charge in [-0.3, -0.25) is 4.79 Å². The molecule has 2 heterocycles. The van der Waals surface area contributed by atoms with Gasteiger partial charge in [0.1, 0.15) is 11.6 Å². The lowest BCUT2D eigenvalue weighted by atomic mass is 10.2. The van der Waals surface area contributed by atoms with Crippen LogP contribution in [0.5, 0.6) is 5.75 Å². The van der Waals surface area contributed by atoms with E-state index < -0.39 is 0 Å². The summed E-state index contributed by atoms with van der Waals surface area (Å²) in [6.07, 6.45) is 3.82. The lowest BCUT2D eigenvalue weighted by molar-refractivity contribution is 0.0857. The SMILES string of the molecule is CCOc1ccc(Nc2cc(C(=O)NCC3CCCO3)ccn2)cc1. The number of aromatic nitrogens is 1. The molecule has 1 aliphatic heterocycles. The minimum Gasteiger partial charge on any atom is -0.494 e. The van der Waals surface area contributed by atoms with Crippen molar-refractivity contribution in [2.75, 3.05) is 25.1 Å². The second-order valence-electron chi connectivity index (χ2n) is 5.86. The quantitative estimate of drug-likeness (QED) is 0.809. The normalized spacial score (nSPS) is 16.4. The molecule has 0 aliphatic carbocycles. The van der Waals surface area contributed by atoms with E-state index in [1.807, 2.05) is 31.2 Å². The first-order chi connectivity index (χ1) is 12.2. The van der Waals surface area contributed by atoms with Crippen LogP contribution in [-0.4, -0.2) is 36.8 Å². The molecular weight excluding hydrogens is 318 g/mol. The molecule has 1 unspecified atom stereocenters. The summed E-state index contributed by atoms with van der Waals surface area (Å²) in [4.78, 5) is 16.6. The molecule has 25 heavy (non-hydrogen) atoms. The zero-order chi connectivity index (χ0) is 17.5. The molecule has 0 spiro atoms. The molecule has 132 valence electrons. The van der Waals surface area contributed by atoms with Gasteiger partial charge in [-0.2, -0.15) is 0 Å². The number of amides is 1. The summed E-state index contributed by atoms with van der Waals surface area (Å²) in [7, 11) is 0. The van der Waals surface area contributed by atoms with Gasteiger partial charge in [0.2, 0.25) is 0 Å². The first-order valence-electron chi connectivity index (χ1n) is 8.60. The Balaban J connectivity index is 1.59. The highest BCUT2D eigenvalue weighted by Crippen LogP contribution is 2.19. The third-order valence-corrected chi connectivity index (χ3v) is 3.97. The van der Waals surface area contributed by atoms with E-state index in [0.29, 0.717) is 24.5 Å². The number of benzene rings is 1. The third kappa shape index (κ3) is 4.93. The van der Waals surface area contributed by atoms with E-state index in [0.717, 1.165) is 30.9 Å². The van der Waals surface area contributed by atoms with E-state index >= 15 is 0 Å². The Morgan fingerprint density at radius 2 is 2.16 bits per heavy atom. The molecule has 1 fully saturated rings. The van der Waals surface area contributed by atoms with E-state index in [-0.39, 0.29) is 12.0 Å². The molecule has 1 amide bonds. The van der Waals surface area contributed by atoms with Gasteiger partial charge in [-0.25, -0.2) is 4.98 Å².